The Morgan fingerprint density at radius 1 is 1.45 bits per heavy atom. The molecule has 3 atom stereocenters. The summed E-state index contributed by atoms with van der Waals surface area (Å²) in [6, 6.07) is 2.24. The third-order valence-corrected chi connectivity index (χ3v) is 5.43. The summed E-state index contributed by atoms with van der Waals surface area (Å²) in [7, 11) is 3.87. The molecule has 0 amide bonds. The molecular formula is C18H23NO3. The lowest BCUT2D eigenvalue weighted by atomic mass is 9.69. The van der Waals surface area contributed by atoms with Gasteiger partial charge in [0, 0.05) is 18.5 Å². The first-order valence-electron chi connectivity index (χ1n) is 7.99. The maximum absolute atomic E-state index is 10.0. The number of aliphatic hydroxyl groups excluding tert-OH is 1. The fourth-order valence-electron chi connectivity index (χ4n) is 4.39. The zero-order valence-corrected chi connectivity index (χ0v) is 13.4. The maximum atomic E-state index is 10.0. The van der Waals surface area contributed by atoms with Crippen molar-refractivity contribution >= 4 is 0 Å². The minimum Gasteiger partial charge on any atom is -0.493 e. The largest absolute Gasteiger partial charge is 0.493 e. The van der Waals surface area contributed by atoms with Crippen LogP contribution in [-0.4, -0.2) is 42.9 Å². The van der Waals surface area contributed by atoms with Crippen LogP contribution < -0.4 is 9.47 Å². The van der Waals surface area contributed by atoms with Crippen molar-refractivity contribution in [2.24, 2.45) is 0 Å². The first-order chi connectivity index (χ1) is 10.5. The first kappa shape index (κ1) is 14.1. The average molecular weight is 301 g/mol. The molecule has 0 radical (unpaired) electrons. The molecular weight excluding hydrogens is 278 g/mol. The zero-order chi connectivity index (χ0) is 15.5. The van der Waals surface area contributed by atoms with Gasteiger partial charge in [-0.3, -0.25) is 0 Å². The third-order valence-electron chi connectivity index (χ3n) is 5.43. The quantitative estimate of drug-likeness (QED) is 0.807. The van der Waals surface area contributed by atoms with Crippen molar-refractivity contribution in [1.82, 2.24) is 4.90 Å². The molecule has 0 aromatic heterocycles. The summed E-state index contributed by atoms with van der Waals surface area (Å²) >= 11 is 0. The van der Waals surface area contributed by atoms with Crippen LogP contribution in [0.3, 0.4) is 0 Å². The number of hydrogen-bond acceptors (Lipinski definition) is 4. The molecule has 1 aromatic carbocycles. The van der Waals surface area contributed by atoms with E-state index in [-0.39, 0.29) is 11.5 Å². The number of aryl methyl sites for hydroxylation is 1. The Kier molecular flexibility index (Phi) is 3.03. The second kappa shape index (κ2) is 4.74. The molecule has 118 valence electrons. The highest BCUT2D eigenvalue weighted by Gasteiger charge is 2.52. The number of aliphatic hydroxyl groups is 1. The predicted molar refractivity (Wildman–Crippen MR) is 84.5 cm³/mol. The van der Waals surface area contributed by atoms with E-state index in [1.165, 1.54) is 11.1 Å². The SMILES string of the molecule is COc1c(C)cc2c3c1O[C@H]1C[C@@H](O)C=C[C@@]31CCN(C)C2. The van der Waals surface area contributed by atoms with E-state index < -0.39 is 6.10 Å². The molecule has 4 nitrogen and oxygen atoms in total. The molecule has 1 aromatic rings. The first-order valence-corrected chi connectivity index (χ1v) is 7.99. The van der Waals surface area contributed by atoms with Gasteiger partial charge in [-0.15, -0.1) is 0 Å². The highest BCUT2D eigenvalue weighted by molar-refractivity contribution is 5.63. The lowest BCUT2D eigenvalue weighted by molar-refractivity contribution is 0.0821. The van der Waals surface area contributed by atoms with Gasteiger partial charge in [-0.2, -0.15) is 0 Å². The summed E-state index contributed by atoms with van der Waals surface area (Å²) < 4.78 is 12.0. The van der Waals surface area contributed by atoms with Crippen molar-refractivity contribution in [3.8, 4) is 11.5 Å². The van der Waals surface area contributed by atoms with Crippen LogP contribution in [0.25, 0.3) is 0 Å². The van der Waals surface area contributed by atoms with Gasteiger partial charge in [0.25, 0.3) is 0 Å². The van der Waals surface area contributed by atoms with Crippen LogP contribution in [0, 0.1) is 6.92 Å². The normalized spacial score (nSPS) is 32.9. The Bertz CT molecular complexity index is 654. The number of methoxy groups -OCH3 is 1. The fourth-order valence-corrected chi connectivity index (χ4v) is 4.39. The molecule has 1 spiro atoms. The van der Waals surface area contributed by atoms with Gasteiger partial charge in [0.2, 0.25) is 0 Å². The molecule has 22 heavy (non-hydrogen) atoms. The van der Waals surface area contributed by atoms with E-state index in [9.17, 15) is 5.11 Å². The van der Waals surface area contributed by atoms with Gasteiger partial charge in [-0.25, -0.2) is 0 Å². The molecule has 0 bridgehead atoms. The van der Waals surface area contributed by atoms with E-state index in [4.69, 9.17) is 9.47 Å². The number of benzene rings is 1. The van der Waals surface area contributed by atoms with Crippen LogP contribution in [-0.2, 0) is 12.0 Å². The van der Waals surface area contributed by atoms with E-state index >= 15 is 0 Å². The number of hydrogen-bond donors (Lipinski definition) is 1. The standard InChI is InChI=1S/C18H23NO3/c1-11-8-12-10-19(2)7-6-18-5-4-13(20)9-14(18)22-17(15(12)18)16(11)21-3/h4-5,8,13-14,20H,6-7,9-10H2,1-3H3/t13-,14-,18-/m0/s1. The van der Waals surface area contributed by atoms with Crippen molar-refractivity contribution in [1.29, 1.82) is 0 Å². The highest BCUT2D eigenvalue weighted by Crippen LogP contribution is 2.56. The van der Waals surface area contributed by atoms with Gasteiger partial charge in [0.1, 0.15) is 6.10 Å². The van der Waals surface area contributed by atoms with Crippen LogP contribution in [0.5, 0.6) is 11.5 Å². The minimum atomic E-state index is -0.415. The molecule has 4 rings (SSSR count). The molecule has 1 aliphatic carbocycles. The topological polar surface area (TPSA) is 41.9 Å². The summed E-state index contributed by atoms with van der Waals surface area (Å²) in [6.07, 6.45) is 5.39. The summed E-state index contributed by atoms with van der Waals surface area (Å²) in [5, 5.41) is 10.0. The number of rotatable bonds is 1. The van der Waals surface area contributed by atoms with Crippen LogP contribution >= 0.6 is 0 Å². The van der Waals surface area contributed by atoms with Crippen molar-refractivity contribution in [2.45, 2.75) is 43.9 Å². The van der Waals surface area contributed by atoms with Crippen molar-refractivity contribution < 1.29 is 14.6 Å². The third kappa shape index (κ3) is 1.77. The summed E-state index contributed by atoms with van der Waals surface area (Å²) in [4.78, 5) is 2.37. The summed E-state index contributed by atoms with van der Waals surface area (Å²) in [6.45, 7) is 4.03. The second-order valence-electron chi connectivity index (χ2n) is 6.89. The number of ether oxygens (including phenoxy) is 2. The predicted octanol–water partition coefficient (Wildman–Crippen LogP) is 2.16. The molecule has 4 heteroatoms. The van der Waals surface area contributed by atoms with E-state index in [1.54, 1.807) is 7.11 Å². The van der Waals surface area contributed by atoms with Crippen molar-refractivity contribution in [3.63, 3.8) is 0 Å². The van der Waals surface area contributed by atoms with E-state index in [1.807, 2.05) is 6.08 Å². The number of nitrogens with zero attached hydrogens (tertiary/aromatic N) is 1. The lowest BCUT2D eigenvalue weighted by Gasteiger charge is -2.35. The van der Waals surface area contributed by atoms with Crippen LogP contribution in [0.15, 0.2) is 18.2 Å². The van der Waals surface area contributed by atoms with Gasteiger partial charge in [0.05, 0.1) is 18.6 Å². The Morgan fingerprint density at radius 3 is 3.05 bits per heavy atom. The molecule has 0 fully saturated rings. The molecule has 0 unspecified atom stereocenters. The Hall–Kier alpha value is -1.52. The molecule has 2 aliphatic heterocycles. The fraction of sp³-hybridized carbons (Fsp3) is 0.556. The zero-order valence-electron chi connectivity index (χ0n) is 13.4. The maximum Gasteiger partial charge on any atom is 0.166 e. The second-order valence-corrected chi connectivity index (χ2v) is 6.89. The van der Waals surface area contributed by atoms with E-state index in [0.29, 0.717) is 6.42 Å². The molecule has 0 saturated carbocycles. The summed E-state index contributed by atoms with van der Waals surface area (Å²) in [5.74, 6) is 1.75. The van der Waals surface area contributed by atoms with Gasteiger partial charge < -0.3 is 19.5 Å². The van der Waals surface area contributed by atoms with Gasteiger partial charge in [0.15, 0.2) is 11.5 Å². The van der Waals surface area contributed by atoms with Gasteiger partial charge in [-0.1, -0.05) is 18.2 Å². The lowest BCUT2D eigenvalue weighted by Crippen LogP contribution is -2.42. The van der Waals surface area contributed by atoms with Crippen LogP contribution in [0.4, 0.5) is 0 Å². The average Bonchev–Trinajstić information content (AvgIpc) is 2.72. The molecule has 3 aliphatic rings. The smallest absolute Gasteiger partial charge is 0.166 e. The van der Waals surface area contributed by atoms with E-state index in [0.717, 1.165) is 36.6 Å². The molecule has 1 N–H and O–H groups in total. The van der Waals surface area contributed by atoms with Crippen LogP contribution in [0.2, 0.25) is 0 Å². The van der Waals surface area contributed by atoms with Crippen molar-refractivity contribution in [3.05, 3.63) is 34.9 Å². The summed E-state index contributed by atoms with van der Waals surface area (Å²) in [5.41, 5.74) is 3.62. The Balaban J connectivity index is 1.99. The van der Waals surface area contributed by atoms with Crippen LogP contribution in [0.1, 0.15) is 29.5 Å². The van der Waals surface area contributed by atoms with Crippen molar-refractivity contribution in [2.75, 3.05) is 20.7 Å². The highest BCUT2D eigenvalue weighted by atomic mass is 16.5. The molecule has 0 saturated heterocycles. The molecule has 2 heterocycles. The monoisotopic (exact) mass is 301 g/mol. The Morgan fingerprint density at radius 2 is 2.27 bits per heavy atom. The van der Waals surface area contributed by atoms with Gasteiger partial charge >= 0.3 is 0 Å². The van der Waals surface area contributed by atoms with E-state index in [2.05, 4.69) is 31.0 Å². The Labute approximate surface area is 131 Å². The minimum absolute atomic E-state index is 0.00319. The van der Waals surface area contributed by atoms with Gasteiger partial charge in [-0.05, 0) is 38.1 Å².